The predicted molar refractivity (Wildman–Crippen MR) is 151 cm³/mol. The molecule has 4 aromatic rings. The van der Waals surface area contributed by atoms with Crippen LogP contribution in [0.4, 0.5) is 0 Å². The summed E-state index contributed by atoms with van der Waals surface area (Å²) >= 11 is 0. The molecule has 0 unspecified atom stereocenters. The van der Waals surface area contributed by atoms with Gasteiger partial charge in [0.15, 0.2) is 5.78 Å². The Labute approximate surface area is 223 Å². The Kier molecular flexibility index (Phi) is 8.76. The van der Waals surface area contributed by atoms with Crippen LogP contribution in [0.3, 0.4) is 0 Å². The number of H-pyrrole nitrogens is 1. The number of aromatic nitrogens is 1. The highest BCUT2D eigenvalue weighted by atomic mass is 32.2. The summed E-state index contributed by atoms with van der Waals surface area (Å²) in [5.74, 6) is -0.317. The Balaban J connectivity index is 1.48. The Morgan fingerprint density at radius 1 is 0.947 bits per heavy atom. The zero-order valence-electron chi connectivity index (χ0n) is 21.7. The van der Waals surface area contributed by atoms with E-state index in [-0.39, 0.29) is 24.0 Å². The molecule has 38 heavy (non-hydrogen) atoms. The number of hydrogen-bond donors (Lipinski definition) is 3. The maximum Gasteiger partial charge on any atom is 0.251 e. The van der Waals surface area contributed by atoms with E-state index in [4.69, 9.17) is 0 Å². The van der Waals surface area contributed by atoms with Crippen LogP contribution < -0.4 is 10.6 Å². The van der Waals surface area contributed by atoms with Crippen molar-refractivity contribution in [3.8, 4) is 0 Å². The quantitative estimate of drug-likeness (QED) is 0.186. The highest BCUT2D eigenvalue weighted by Crippen LogP contribution is 2.26. The van der Waals surface area contributed by atoms with Gasteiger partial charge in [-0.15, -0.1) is 0 Å². The molecule has 0 fully saturated rings. The molecule has 0 aliphatic heterocycles. The first-order chi connectivity index (χ1) is 18.2. The van der Waals surface area contributed by atoms with Crippen molar-refractivity contribution >= 4 is 32.4 Å². The van der Waals surface area contributed by atoms with Crippen molar-refractivity contribution in [1.29, 1.82) is 0 Å². The van der Waals surface area contributed by atoms with Crippen LogP contribution in [0.15, 0.2) is 79.0 Å². The number of fused-ring (bicyclic) bond motifs is 1. The average Bonchev–Trinajstić information content (AvgIpc) is 3.33. The Morgan fingerprint density at radius 2 is 1.68 bits per heavy atom. The number of sulfone groups is 1. The molecule has 0 saturated heterocycles. The summed E-state index contributed by atoms with van der Waals surface area (Å²) < 4.78 is 22.5. The first-order valence-electron chi connectivity index (χ1n) is 12.7. The second-order valence-electron chi connectivity index (χ2n) is 9.60. The molecular weight excluding hydrogens is 498 g/mol. The summed E-state index contributed by atoms with van der Waals surface area (Å²) in [5, 5.41) is 6.94. The summed E-state index contributed by atoms with van der Waals surface area (Å²) in [6.07, 6.45) is 4.02. The van der Waals surface area contributed by atoms with E-state index in [1.165, 1.54) is 17.4 Å². The molecule has 0 radical (unpaired) electrons. The zero-order valence-corrected chi connectivity index (χ0v) is 22.5. The maximum absolute atomic E-state index is 13.8. The molecule has 198 valence electrons. The number of carbonyl (C=O) groups excluding carboxylic acids is 2. The van der Waals surface area contributed by atoms with E-state index in [1.54, 1.807) is 24.4 Å². The first-order valence-corrected chi connectivity index (χ1v) is 14.7. The van der Waals surface area contributed by atoms with Gasteiger partial charge in [0.25, 0.3) is 5.91 Å². The number of Topliss-reactive ketones (excluding diaryl/α,β-unsaturated/α-hetero) is 1. The molecule has 0 saturated carbocycles. The molecule has 1 atom stereocenters. The number of carbonyl (C=O) groups is 2. The van der Waals surface area contributed by atoms with Gasteiger partial charge in [-0.2, -0.15) is 0 Å². The van der Waals surface area contributed by atoms with Gasteiger partial charge in [-0.05, 0) is 43.0 Å². The second-order valence-corrected chi connectivity index (χ2v) is 11.9. The van der Waals surface area contributed by atoms with Crippen molar-refractivity contribution in [3.63, 3.8) is 0 Å². The van der Waals surface area contributed by atoms with E-state index in [1.807, 2.05) is 30.3 Å². The lowest BCUT2D eigenvalue weighted by molar-refractivity contribution is 0.0940. The Bertz CT molecular complexity index is 1510. The Morgan fingerprint density at radius 3 is 2.39 bits per heavy atom. The summed E-state index contributed by atoms with van der Waals surface area (Å²) in [6.45, 7) is 2.97. The van der Waals surface area contributed by atoms with Gasteiger partial charge in [-0.1, -0.05) is 66.2 Å². The lowest BCUT2D eigenvalue weighted by atomic mass is 9.96. The van der Waals surface area contributed by atoms with Gasteiger partial charge in [0.05, 0.1) is 11.8 Å². The first kappa shape index (κ1) is 27.3. The van der Waals surface area contributed by atoms with Crippen LogP contribution in [-0.4, -0.2) is 50.2 Å². The van der Waals surface area contributed by atoms with Gasteiger partial charge in [0, 0.05) is 47.6 Å². The largest absolute Gasteiger partial charge is 0.360 e. The molecule has 3 N–H and O–H groups in total. The van der Waals surface area contributed by atoms with Gasteiger partial charge in [-0.25, -0.2) is 8.42 Å². The van der Waals surface area contributed by atoms with E-state index >= 15 is 0 Å². The van der Waals surface area contributed by atoms with Crippen LogP contribution >= 0.6 is 0 Å². The minimum atomic E-state index is -3.06. The number of ketones is 1. The molecule has 0 aliphatic carbocycles. The van der Waals surface area contributed by atoms with Gasteiger partial charge in [0.2, 0.25) is 0 Å². The van der Waals surface area contributed by atoms with E-state index < -0.39 is 15.9 Å². The topological polar surface area (TPSA) is 108 Å². The highest BCUT2D eigenvalue weighted by molar-refractivity contribution is 7.90. The zero-order chi connectivity index (χ0) is 27.1. The molecule has 1 amide bonds. The van der Waals surface area contributed by atoms with Crippen molar-refractivity contribution < 1.29 is 18.0 Å². The fraction of sp³-hybridized carbons (Fsp3) is 0.267. The third-order valence-corrected chi connectivity index (χ3v) is 7.49. The molecule has 0 spiro atoms. The van der Waals surface area contributed by atoms with E-state index in [9.17, 15) is 18.0 Å². The molecule has 7 nitrogen and oxygen atoms in total. The molecule has 1 heterocycles. The van der Waals surface area contributed by atoms with Crippen molar-refractivity contribution in [3.05, 3.63) is 107 Å². The van der Waals surface area contributed by atoms with Crippen molar-refractivity contribution in [2.45, 2.75) is 25.8 Å². The summed E-state index contributed by atoms with van der Waals surface area (Å²) in [4.78, 5) is 29.5. The lowest BCUT2D eigenvalue weighted by Gasteiger charge is -2.18. The normalized spacial score (nSPS) is 12.4. The summed E-state index contributed by atoms with van der Waals surface area (Å²) in [7, 11) is -3.06. The molecule has 4 rings (SSSR count). The van der Waals surface area contributed by atoms with Gasteiger partial charge < -0.3 is 15.6 Å². The minimum absolute atomic E-state index is 0.0239. The number of aromatic amines is 1. The molecule has 0 bridgehead atoms. The van der Waals surface area contributed by atoms with Crippen molar-refractivity contribution in [2.75, 3.05) is 25.1 Å². The van der Waals surface area contributed by atoms with Crippen LogP contribution in [0.25, 0.3) is 10.9 Å². The predicted octanol–water partition coefficient (Wildman–Crippen LogP) is 4.40. The number of amides is 1. The summed E-state index contributed by atoms with van der Waals surface area (Å²) in [5.41, 5.74) is 4.98. The van der Waals surface area contributed by atoms with E-state index in [0.717, 1.165) is 17.4 Å². The van der Waals surface area contributed by atoms with Crippen LogP contribution in [0.5, 0.6) is 0 Å². The maximum atomic E-state index is 13.8. The van der Waals surface area contributed by atoms with Gasteiger partial charge >= 0.3 is 0 Å². The van der Waals surface area contributed by atoms with Crippen LogP contribution in [0.1, 0.15) is 49.9 Å². The third kappa shape index (κ3) is 7.18. The number of hydrogen-bond acceptors (Lipinski definition) is 5. The average molecular weight is 532 g/mol. The third-order valence-electron chi connectivity index (χ3n) is 6.46. The van der Waals surface area contributed by atoms with Crippen LogP contribution in [0.2, 0.25) is 0 Å². The minimum Gasteiger partial charge on any atom is -0.360 e. The van der Waals surface area contributed by atoms with Crippen molar-refractivity contribution in [1.82, 2.24) is 15.6 Å². The molecule has 1 aromatic heterocycles. The SMILES string of the molecule is Cc1ccc(CCN[C@@H](C(=O)c2c[nH]c3cc(C(=O)NCCCS(C)(=O)=O)ccc23)c2ccccc2)cc1. The highest BCUT2D eigenvalue weighted by Gasteiger charge is 2.24. The molecule has 8 heteroatoms. The van der Waals surface area contributed by atoms with Gasteiger partial charge in [0.1, 0.15) is 9.84 Å². The fourth-order valence-electron chi connectivity index (χ4n) is 4.39. The lowest BCUT2D eigenvalue weighted by Crippen LogP contribution is -2.30. The number of nitrogens with one attached hydrogen (secondary N) is 3. The Hall–Kier alpha value is -3.75. The smallest absolute Gasteiger partial charge is 0.251 e. The number of aryl methyl sites for hydroxylation is 1. The number of rotatable bonds is 12. The molecule has 0 aliphatic rings. The van der Waals surface area contributed by atoms with Crippen molar-refractivity contribution in [2.24, 2.45) is 0 Å². The van der Waals surface area contributed by atoms with Crippen LogP contribution in [-0.2, 0) is 16.3 Å². The second kappa shape index (κ2) is 12.2. The van der Waals surface area contributed by atoms with E-state index in [2.05, 4.69) is 46.8 Å². The van der Waals surface area contributed by atoms with Gasteiger partial charge in [-0.3, -0.25) is 9.59 Å². The summed E-state index contributed by atoms with van der Waals surface area (Å²) in [6, 6.07) is 22.7. The molecule has 3 aromatic carbocycles. The molecular formula is C30H33N3O4S. The fourth-order valence-corrected chi connectivity index (χ4v) is 5.06. The number of benzene rings is 3. The monoisotopic (exact) mass is 531 g/mol. The standard InChI is InChI=1S/C30H33N3O4S/c1-21-9-11-22(12-10-21)15-17-31-28(23-7-4-3-5-8-23)29(34)26-20-33-27-19-24(13-14-25(26)27)30(35)32-16-6-18-38(2,36)37/h3-5,7-14,19-20,28,31,33H,6,15-18H2,1-2H3,(H,32,35)/t28-/m1/s1. The van der Waals surface area contributed by atoms with E-state index in [0.29, 0.717) is 29.6 Å². The van der Waals surface area contributed by atoms with Crippen LogP contribution in [0, 0.1) is 6.92 Å².